The highest BCUT2D eigenvalue weighted by atomic mass is 32.2. The second-order valence-electron chi connectivity index (χ2n) is 4.44. The molecular formula is C10H17N5O2S. The summed E-state index contributed by atoms with van der Waals surface area (Å²) in [4.78, 5) is 0.163. The Hall–Kier alpha value is -1.41. The van der Waals surface area contributed by atoms with Crippen LogP contribution in [-0.4, -0.2) is 41.3 Å². The zero-order valence-electron chi connectivity index (χ0n) is 10.2. The number of H-pyrrole nitrogens is 1. The average Bonchev–Trinajstić information content (AvgIpc) is 2.76. The minimum Gasteiger partial charge on any atom is -0.386 e. The zero-order valence-corrected chi connectivity index (χ0v) is 11.0. The van der Waals surface area contributed by atoms with Gasteiger partial charge in [-0.25, -0.2) is 8.42 Å². The van der Waals surface area contributed by atoms with Gasteiger partial charge in [-0.05, 0) is 19.8 Å². The molecule has 0 saturated carbocycles. The molecule has 1 aromatic rings. The second kappa shape index (κ2) is 4.69. The van der Waals surface area contributed by atoms with Crippen molar-refractivity contribution in [2.45, 2.75) is 37.1 Å². The van der Waals surface area contributed by atoms with Crippen LogP contribution in [0.25, 0.3) is 0 Å². The van der Waals surface area contributed by atoms with Gasteiger partial charge in [0.2, 0.25) is 10.0 Å². The van der Waals surface area contributed by atoms with Crippen molar-refractivity contribution in [1.29, 1.82) is 5.41 Å². The summed E-state index contributed by atoms with van der Waals surface area (Å²) < 4.78 is 26.3. The van der Waals surface area contributed by atoms with E-state index in [-0.39, 0.29) is 10.7 Å². The van der Waals surface area contributed by atoms with Gasteiger partial charge in [-0.3, -0.25) is 10.5 Å². The normalized spacial score (nSPS) is 21.9. The molecule has 1 unspecified atom stereocenters. The van der Waals surface area contributed by atoms with Gasteiger partial charge in [-0.2, -0.15) is 9.40 Å². The van der Waals surface area contributed by atoms with Crippen LogP contribution in [0.1, 0.15) is 25.0 Å². The zero-order chi connectivity index (χ0) is 13.3. The van der Waals surface area contributed by atoms with Crippen LogP contribution in [0.3, 0.4) is 0 Å². The SMILES string of the molecule is Cc1[nH]ncc1S(=O)(=O)N1CCCCC1C(=N)N. The first kappa shape index (κ1) is 13.0. The van der Waals surface area contributed by atoms with E-state index in [0.717, 1.165) is 12.8 Å². The number of aryl methyl sites for hydroxylation is 1. The number of hydrogen-bond donors (Lipinski definition) is 3. The third kappa shape index (κ3) is 2.13. The Balaban J connectivity index is 2.39. The Labute approximate surface area is 106 Å². The van der Waals surface area contributed by atoms with Crippen LogP contribution in [0, 0.1) is 12.3 Å². The summed E-state index contributed by atoms with van der Waals surface area (Å²) in [5, 5.41) is 13.9. The van der Waals surface area contributed by atoms with Crippen molar-refractivity contribution in [3.8, 4) is 0 Å². The standard InChI is InChI=1S/C10H17N5O2S/c1-7-9(6-13-14-7)18(16,17)15-5-3-2-4-8(15)10(11)12/h6,8H,2-5H2,1H3,(H3,11,12)(H,13,14). The molecule has 0 radical (unpaired) electrons. The van der Waals surface area contributed by atoms with Gasteiger partial charge >= 0.3 is 0 Å². The molecule has 1 fully saturated rings. The Morgan fingerprint density at radius 3 is 2.89 bits per heavy atom. The summed E-state index contributed by atoms with van der Waals surface area (Å²) >= 11 is 0. The van der Waals surface area contributed by atoms with Crippen LogP contribution < -0.4 is 5.73 Å². The van der Waals surface area contributed by atoms with Gasteiger partial charge in [0.05, 0.1) is 17.9 Å². The van der Waals surface area contributed by atoms with E-state index in [1.165, 1.54) is 10.5 Å². The number of nitrogens with one attached hydrogen (secondary N) is 2. The number of aromatic amines is 1. The van der Waals surface area contributed by atoms with Crippen LogP contribution >= 0.6 is 0 Å². The predicted octanol–water partition coefficient (Wildman–Crippen LogP) is 0.197. The number of piperidine rings is 1. The molecule has 0 spiro atoms. The fraction of sp³-hybridized carbons (Fsp3) is 0.600. The Morgan fingerprint density at radius 1 is 1.61 bits per heavy atom. The topological polar surface area (TPSA) is 116 Å². The third-order valence-corrected chi connectivity index (χ3v) is 5.20. The fourth-order valence-electron chi connectivity index (χ4n) is 2.23. The van der Waals surface area contributed by atoms with Crippen molar-refractivity contribution in [2.24, 2.45) is 5.73 Å². The van der Waals surface area contributed by atoms with Crippen LogP contribution in [0.4, 0.5) is 0 Å². The van der Waals surface area contributed by atoms with Crippen molar-refractivity contribution in [1.82, 2.24) is 14.5 Å². The van der Waals surface area contributed by atoms with Gasteiger partial charge < -0.3 is 5.73 Å². The molecule has 1 atom stereocenters. The van der Waals surface area contributed by atoms with E-state index in [9.17, 15) is 8.42 Å². The molecule has 0 bridgehead atoms. The van der Waals surface area contributed by atoms with Gasteiger partial charge in [0.15, 0.2) is 0 Å². The van der Waals surface area contributed by atoms with E-state index in [4.69, 9.17) is 11.1 Å². The summed E-state index contributed by atoms with van der Waals surface area (Å²) in [6.07, 6.45) is 3.59. The highest BCUT2D eigenvalue weighted by molar-refractivity contribution is 7.89. The Morgan fingerprint density at radius 2 is 2.33 bits per heavy atom. The summed E-state index contributed by atoms with van der Waals surface area (Å²) in [5.74, 6) is -0.0978. The quantitative estimate of drug-likeness (QED) is 0.537. The number of aromatic nitrogens is 2. The lowest BCUT2D eigenvalue weighted by atomic mass is 10.0. The lowest BCUT2D eigenvalue weighted by Gasteiger charge is -2.33. The molecule has 1 aliphatic heterocycles. The second-order valence-corrected chi connectivity index (χ2v) is 6.30. The highest BCUT2D eigenvalue weighted by Crippen LogP contribution is 2.26. The molecule has 0 aromatic carbocycles. The van der Waals surface area contributed by atoms with Gasteiger partial charge in [0, 0.05) is 6.54 Å². The lowest BCUT2D eigenvalue weighted by molar-refractivity contribution is 0.303. The van der Waals surface area contributed by atoms with E-state index in [1.54, 1.807) is 6.92 Å². The molecule has 18 heavy (non-hydrogen) atoms. The molecule has 2 rings (SSSR count). The minimum atomic E-state index is -3.62. The van der Waals surface area contributed by atoms with Crippen molar-refractivity contribution in [3.05, 3.63) is 11.9 Å². The molecule has 1 aliphatic rings. The maximum atomic E-state index is 12.5. The van der Waals surface area contributed by atoms with Gasteiger partial charge in [-0.1, -0.05) is 6.42 Å². The van der Waals surface area contributed by atoms with Crippen LogP contribution in [0.15, 0.2) is 11.1 Å². The summed E-state index contributed by atoms with van der Waals surface area (Å²) in [6, 6.07) is -0.530. The molecule has 2 heterocycles. The maximum Gasteiger partial charge on any atom is 0.247 e. The average molecular weight is 271 g/mol. The van der Waals surface area contributed by atoms with E-state index in [1.807, 2.05) is 0 Å². The number of sulfonamides is 1. The molecule has 0 amide bonds. The van der Waals surface area contributed by atoms with Gasteiger partial charge in [-0.15, -0.1) is 0 Å². The number of amidine groups is 1. The van der Waals surface area contributed by atoms with E-state index in [2.05, 4.69) is 10.2 Å². The minimum absolute atomic E-state index is 0.0978. The molecule has 8 heteroatoms. The Bertz CT molecular complexity index is 550. The van der Waals surface area contributed by atoms with Crippen LogP contribution in [0.2, 0.25) is 0 Å². The highest BCUT2D eigenvalue weighted by Gasteiger charge is 2.36. The molecule has 4 N–H and O–H groups in total. The smallest absolute Gasteiger partial charge is 0.247 e. The Kier molecular flexibility index (Phi) is 3.40. The van der Waals surface area contributed by atoms with Crippen molar-refractivity contribution < 1.29 is 8.42 Å². The largest absolute Gasteiger partial charge is 0.386 e. The number of nitrogens with zero attached hydrogens (tertiary/aromatic N) is 2. The van der Waals surface area contributed by atoms with E-state index in [0.29, 0.717) is 18.7 Å². The van der Waals surface area contributed by atoms with Crippen molar-refractivity contribution in [3.63, 3.8) is 0 Å². The van der Waals surface area contributed by atoms with Crippen LogP contribution in [-0.2, 0) is 10.0 Å². The molecule has 1 aromatic heterocycles. The summed E-state index contributed by atoms with van der Waals surface area (Å²) in [6.45, 7) is 2.06. The van der Waals surface area contributed by atoms with Gasteiger partial charge in [0.25, 0.3) is 0 Å². The number of rotatable bonds is 3. The monoisotopic (exact) mass is 271 g/mol. The first-order valence-corrected chi connectivity index (χ1v) is 7.24. The first-order chi connectivity index (χ1) is 8.44. The molecule has 1 saturated heterocycles. The third-order valence-electron chi connectivity index (χ3n) is 3.18. The maximum absolute atomic E-state index is 12.5. The number of nitrogens with two attached hydrogens (primary N) is 1. The van der Waals surface area contributed by atoms with Crippen LogP contribution in [0.5, 0.6) is 0 Å². The van der Waals surface area contributed by atoms with E-state index >= 15 is 0 Å². The number of hydrogen-bond acceptors (Lipinski definition) is 4. The van der Waals surface area contributed by atoms with Crippen molar-refractivity contribution >= 4 is 15.9 Å². The lowest BCUT2D eigenvalue weighted by Crippen LogP contribution is -2.50. The molecule has 7 nitrogen and oxygen atoms in total. The molecular weight excluding hydrogens is 254 g/mol. The first-order valence-electron chi connectivity index (χ1n) is 5.80. The molecule has 0 aliphatic carbocycles. The van der Waals surface area contributed by atoms with Crippen molar-refractivity contribution in [2.75, 3.05) is 6.54 Å². The predicted molar refractivity (Wildman–Crippen MR) is 66.8 cm³/mol. The molecule has 100 valence electrons. The summed E-state index contributed by atoms with van der Waals surface area (Å²) in [5.41, 5.74) is 6.00. The summed E-state index contributed by atoms with van der Waals surface area (Å²) in [7, 11) is -3.62. The fourth-order valence-corrected chi connectivity index (χ4v) is 4.02. The van der Waals surface area contributed by atoms with Gasteiger partial charge in [0.1, 0.15) is 10.7 Å². The van der Waals surface area contributed by atoms with E-state index < -0.39 is 16.1 Å².